The highest BCUT2D eigenvalue weighted by Gasteiger charge is 2.17. The SMILES string of the molecule is c1ccc(Nc2cnc3cc(OC4CCOC4)ccc3n2)cc1. The fraction of sp³-hybridized carbons (Fsp3) is 0.222. The predicted octanol–water partition coefficient (Wildman–Crippen LogP) is 3.54. The van der Waals surface area contributed by atoms with E-state index in [4.69, 9.17) is 9.47 Å². The zero-order valence-corrected chi connectivity index (χ0v) is 12.6. The smallest absolute Gasteiger partial charge is 0.149 e. The van der Waals surface area contributed by atoms with Gasteiger partial charge in [-0.05, 0) is 24.3 Å². The summed E-state index contributed by atoms with van der Waals surface area (Å²) in [5.41, 5.74) is 2.64. The molecule has 2 aromatic carbocycles. The Hall–Kier alpha value is -2.66. The van der Waals surface area contributed by atoms with Gasteiger partial charge < -0.3 is 14.8 Å². The lowest BCUT2D eigenvalue weighted by atomic mass is 10.2. The molecule has 5 nitrogen and oxygen atoms in total. The van der Waals surface area contributed by atoms with Gasteiger partial charge in [-0.15, -0.1) is 0 Å². The molecule has 1 aromatic heterocycles. The maximum Gasteiger partial charge on any atom is 0.149 e. The third-order valence-corrected chi connectivity index (χ3v) is 3.75. The zero-order chi connectivity index (χ0) is 15.5. The molecule has 3 aromatic rings. The van der Waals surface area contributed by atoms with E-state index in [0.29, 0.717) is 6.61 Å². The highest BCUT2D eigenvalue weighted by Crippen LogP contribution is 2.23. The molecule has 1 saturated heterocycles. The second kappa shape index (κ2) is 6.22. The van der Waals surface area contributed by atoms with E-state index >= 15 is 0 Å². The minimum atomic E-state index is 0.138. The van der Waals surface area contributed by atoms with Crippen LogP contribution >= 0.6 is 0 Å². The summed E-state index contributed by atoms with van der Waals surface area (Å²) >= 11 is 0. The molecule has 1 aliphatic rings. The highest BCUT2D eigenvalue weighted by atomic mass is 16.5. The maximum absolute atomic E-state index is 5.90. The van der Waals surface area contributed by atoms with Crippen LogP contribution in [0.4, 0.5) is 11.5 Å². The van der Waals surface area contributed by atoms with Crippen molar-refractivity contribution in [3.63, 3.8) is 0 Å². The van der Waals surface area contributed by atoms with E-state index in [2.05, 4.69) is 15.3 Å². The number of hydrogen-bond acceptors (Lipinski definition) is 5. The molecular formula is C18H17N3O2. The number of anilines is 2. The largest absolute Gasteiger partial charge is 0.488 e. The molecule has 4 rings (SSSR count). The second-order valence-corrected chi connectivity index (χ2v) is 5.50. The van der Waals surface area contributed by atoms with Crippen LogP contribution in [0, 0.1) is 0 Å². The number of nitrogens with one attached hydrogen (secondary N) is 1. The third-order valence-electron chi connectivity index (χ3n) is 3.75. The van der Waals surface area contributed by atoms with Crippen molar-refractivity contribution in [1.82, 2.24) is 9.97 Å². The summed E-state index contributed by atoms with van der Waals surface area (Å²) in [6.45, 7) is 1.43. The summed E-state index contributed by atoms with van der Waals surface area (Å²) in [4.78, 5) is 9.07. The first-order chi connectivity index (χ1) is 11.4. The van der Waals surface area contributed by atoms with E-state index in [9.17, 15) is 0 Å². The quantitative estimate of drug-likeness (QED) is 0.799. The van der Waals surface area contributed by atoms with Crippen molar-refractivity contribution in [2.45, 2.75) is 12.5 Å². The molecule has 1 fully saturated rings. The van der Waals surface area contributed by atoms with Crippen molar-refractivity contribution in [3.05, 3.63) is 54.7 Å². The highest BCUT2D eigenvalue weighted by molar-refractivity contribution is 5.77. The van der Waals surface area contributed by atoms with E-state index < -0.39 is 0 Å². The first-order valence-corrected chi connectivity index (χ1v) is 7.70. The molecule has 0 radical (unpaired) electrons. The van der Waals surface area contributed by atoms with Crippen LogP contribution in [-0.4, -0.2) is 29.3 Å². The minimum Gasteiger partial charge on any atom is -0.488 e. The summed E-state index contributed by atoms with van der Waals surface area (Å²) in [5.74, 6) is 1.53. The van der Waals surface area contributed by atoms with Crippen molar-refractivity contribution in [2.24, 2.45) is 0 Å². The molecule has 1 N–H and O–H groups in total. The lowest BCUT2D eigenvalue weighted by Gasteiger charge is -2.12. The van der Waals surface area contributed by atoms with Gasteiger partial charge in [0, 0.05) is 18.2 Å². The summed E-state index contributed by atoms with van der Waals surface area (Å²) in [6.07, 6.45) is 2.81. The molecule has 0 amide bonds. The third kappa shape index (κ3) is 3.24. The van der Waals surface area contributed by atoms with Crippen LogP contribution in [0.2, 0.25) is 0 Å². The van der Waals surface area contributed by atoms with Gasteiger partial charge >= 0.3 is 0 Å². The van der Waals surface area contributed by atoms with E-state index in [0.717, 1.165) is 41.3 Å². The van der Waals surface area contributed by atoms with Crippen LogP contribution < -0.4 is 10.1 Å². The number of rotatable bonds is 4. The molecule has 1 aliphatic heterocycles. The lowest BCUT2D eigenvalue weighted by Crippen LogP contribution is -2.15. The molecule has 0 bridgehead atoms. The molecule has 0 aliphatic carbocycles. The van der Waals surface area contributed by atoms with Crippen molar-refractivity contribution in [1.29, 1.82) is 0 Å². The normalized spacial score (nSPS) is 17.3. The molecule has 0 spiro atoms. The maximum atomic E-state index is 5.90. The molecule has 1 unspecified atom stereocenters. The molecule has 0 saturated carbocycles. The van der Waals surface area contributed by atoms with Crippen LogP contribution in [-0.2, 0) is 4.74 Å². The van der Waals surface area contributed by atoms with Crippen LogP contribution in [0.1, 0.15) is 6.42 Å². The fourth-order valence-corrected chi connectivity index (χ4v) is 2.59. The molecule has 23 heavy (non-hydrogen) atoms. The second-order valence-electron chi connectivity index (χ2n) is 5.50. The van der Waals surface area contributed by atoms with Crippen LogP contribution in [0.15, 0.2) is 54.7 Å². The standard InChI is InChI=1S/C18H17N3O2/c1-2-4-13(5-3-1)20-18-11-19-17-10-14(6-7-16(17)21-18)23-15-8-9-22-12-15/h1-7,10-11,15H,8-9,12H2,(H,20,21). The number of ether oxygens (including phenoxy) is 2. The van der Waals surface area contributed by atoms with Crippen molar-refractivity contribution in [3.8, 4) is 5.75 Å². The summed E-state index contributed by atoms with van der Waals surface area (Å²) in [6, 6.07) is 15.7. The van der Waals surface area contributed by atoms with Crippen molar-refractivity contribution < 1.29 is 9.47 Å². The molecule has 1 atom stereocenters. The van der Waals surface area contributed by atoms with E-state index in [1.54, 1.807) is 6.20 Å². The predicted molar refractivity (Wildman–Crippen MR) is 89.1 cm³/mol. The minimum absolute atomic E-state index is 0.138. The summed E-state index contributed by atoms with van der Waals surface area (Å²) in [7, 11) is 0. The van der Waals surface area contributed by atoms with Gasteiger partial charge in [0.25, 0.3) is 0 Å². The Morgan fingerprint density at radius 2 is 2.00 bits per heavy atom. The average molecular weight is 307 g/mol. The lowest BCUT2D eigenvalue weighted by molar-refractivity contribution is 0.141. The van der Waals surface area contributed by atoms with Gasteiger partial charge in [-0.2, -0.15) is 0 Å². The topological polar surface area (TPSA) is 56.3 Å². The van der Waals surface area contributed by atoms with Gasteiger partial charge in [0.15, 0.2) is 0 Å². The number of fused-ring (bicyclic) bond motifs is 1. The van der Waals surface area contributed by atoms with Crippen molar-refractivity contribution >= 4 is 22.5 Å². The van der Waals surface area contributed by atoms with Gasteiger partial charge in [0.05, 0.1) is 30.4 Å². The summed E-state index contributed by atoms with van der Waals surface area (Å²) in [5, 5.41) is 3.25. The number of para-hydroxylation sites is 1. The molecule has 5 heteroatoms. The van der Waals surface area contributed by atoms with Gasteiger partial charge in [-0.3, -0.25) is 4.98 Å². The number of benzene rings is 2. The van der Waals surface area contributed by atoms with E-state index in [1.165, 1.54) is 0 Å². The number of aromatic nitrogens is 2. The first kappa shape index (κ1) is 14.0. The van der Waals surface area contributed by atoms with Gasteiger partial charge in [-0.25, -0.2) is 4.98 Å². The molecule has 116 valence electrons. The van der Waals surface area contributed by atoms with Crippen LogP contribution in [0.25, 0.3) is 11.0 Å². The monoisotopic (exact) mass is 307 g/mol. The Labute approximate surface area is 134 Å². The van der Waals surface area contributed by atoms with E-state index in [1.807, 2.05) is 48.5 Å². The van der Waals surface area contributed by atoms with Gasteiger partial charge in [0.2, 0.25) is 0 Å². The Morgan fingerprint density at radius 1 is 1.09 bits per heavy atom. The average Bonchev–Trinajstić information content (AvgIpc) is 3.09. The molecular weight excluding hydrogens is 290 g/mol. The zero-order valence-electron chi connectivity index (χ0n) is 12.6. The number of hydrogen-bond donors (Lipinski definition) is 1. The Balaban J connectivity index is 1.55. The van der Waals surface area contributed by atoms with Gasteiger partial charge in [-0.1, -0.05) is 18.2 Å². The Morgan fingerprint density at radius 3 is 2.83 bits per heavy atom. The fourth-order valence-electron chi connectivity index (χ4n) is 2.59. The van der Waals surface area contributed by atoms with Crippen LogP contribution in [0.3, 0.4) is 0 Å². The van der Waals surface area contributed by atoms with E-state index in [-0.39, 0.29) is 6.10 Å². The van der Waals surface area contributed by atoms with Crippen molar-refractivity contribution in [2.75, 3.05) is 18.5 Å². The van der Waals surface area contributed by atoms with Gasteiger partial charge in [0.1, 0.15) is 17.7 Å². The Kier molecular flexibility index (Phi) is 3.78. The molecule has 2 heterocycles. The first-order valence-electron chi connectivity index (χ1n) is 7.70. The Bertz CT molecular complexity index is 802. The summed E-state index contributed by atoms with van der Waals surface area (Å²) < 4.78 is 11.2. The number of nitrogens with zero attached hydrogens (tertiary/aromatic N) is 2. The van der Waals surface area contributed by atoms with Crippen LogP contribution in [0.5, 0.6) is 5.75 Å².